The van der Waals surface area contributed by atoms with Gasteiger partial charge >= 0.3 is 0 Å². The first-order chi connectivity index (χ1) is 11.6. The summed E-state index contributed by atoms with van der Waals surface area (Å²) in [5.74, 6) is 0.327. The van der Waals surface area contributed by atoms with E-state index in [0.29, 0.717) is 28.1 Å². The Bertz CT molecular complexity index is 928. The first-order valence-corrected chi connectivity index (χ1v) is 8.77. The van der Waals surface area contributed by atoms with E-state index in [1.165, 1.54) is 6.21 Å². The normalized spacial score (nSPS) is 11.9. The molecule has 134 valence electrons. The molecule has 0 fully saturated rings. The van der Waals surface area contributed by atoms with Crippen molar-refractivity contribution in [3.8, 4) is 11.5 Å². The van der Waals surface area contributed by atoms with Gasteiger partial charge in [0.25, 0.3) is 5.56 Å². The van der Waals surface area contributed by atoms with E-state index in [4.69, 9.17) is 17.0 Å². The summed E-state index contributed by atoms with van der Waals surface area (Å²) in [6.45, 7) is 7.87. The molecule has 7 nitrogen and oxygen atoms in total. The zero-order valence-corrected chi connectivity index (χ0v) is 16.7. The number of hydrogen-bond acceptors (Lipinski definition) is 6. The average Bonchev–Trinajstić information content (AvgIpc) is 2.50. The van der Waals surface area contributed by atoms with Crippen molar-refractivity contribution >= 4 is 34.4 Å². The second-order valence-corrected chi connectivity index (χ2v) is 7.51. The maximum absolute atomic E-state index is 12.6. The van der Waals surface area contributed by atoms with Crippen LogP contribution in [0, 0.1) is 4.77 Å². The molecule has 0 bridgehead atoms. The molecule has 0 radical (unpaired) electrons. The third-order valence-corrected chi connectivity index (χ3v) is 4.10. The van der Waals surface area contributed by atoms with Gasteiger partial charge in [0, 0.05) is 5.41 Å². The van der Waals surface area contributed by atoms with Gasteiger partial charge in [0.1, 0.15) is 5.69 Å². The van der Waals surface area contributed by atoms with Crippen molar-refractivity contribution in [1.29, 1.82) is 0 Å². The van der Waals surface area contributed by atoms with E-state index in [0.717, 1.165) is 4.68 Å². The number of benzene rings is 1. The maximum Gasteiger partial charge on any atom is 0.297 e. The summed E-state index contributed by atoms with van der Waals surface area (Å²) in [5, 5.41) is 20.8. The van der Waals surface area contributed by atoms with Gasteiger partial charge in [-0.05, 0) is 52.8 Å². The lowest BCUT2D eigenvalue weighted by molar-refractivity contribution is 0.317. The molecule has 0 amide bonds. The van der Waals surface area contributed by atoms with Crippen LogP contribution in [0.2, 0.25) is 0 Å². The van der Waals surface area contributed by atoms with Crippen LogP contribution >= 0.6 is 28.1 Å². The number of rotatable bonds is 4. The van der Waals surface area contributed by atoms with Gasteiger partial charge in [0.2, 0.25) is 4.77 Å². The monoisotopic (exact) mass is 426 g/mol. The Hall–Kier alpha value is -2.00. The Morgan fingerprint density at radius 2 is 2.16 bits per heavy atom. The molecule has 9 heteroatoms. The van der Waals surface area contributed by atoms with Crippen molar-refractivity contribution < 1.29 is 9.84 Å². The third kappa shape index (κ3) is 4.35. The fourth-order valence-electron chi connectivity index (χ4n) is 2.04. The number of phenols is 1. The van der Waals surface area contributed by atoms with Crippen LogP contribution in [0.4, 0.5) is 0 Å². The molecular formula is C16H19BrN4O3S. The summed E-state index contributed by atoms with van der Waals surface area (Å²) >= 11 is 8.37. The highest BCUT2D eigenvalue weighted by Gasteiger charge is 2.21. The number of nitrogens with zero attached hydrogens (tertiary/aromatic N) is 3. The van der Waals surface area contributed by atoms with E-state index in [1.807, 2.05) is 27.7 Å². The van der Waals surface area contributed by atoms with Crippen molar-refractivity contribution in [2.45, 2.75) is 33.1 Å². The second kappa shape index (κ2) is 7.49. The number of ether oxygens (including phenoxy) is 1. The number of aromatic nitrogens is 3. The van der Waals surface area contributed by atoms with Crippen molar-refractivity contribution in [3.05, 3.63) is 43.0 Å². The first kappa shape index (κ1) is 19.3. The molecule has 1 aromatic carbocycles. The number of halogens is 1. The van der Waals surface area contributed by atoms with Crippen molar-refractivity contribution in [2.75, 3.05) is 6.61 Å². The van der Waals surface area contributed by atoms with Crippen LogP contribution in [0.3, 0.4) is 0 Å². The zero-order chi connectivity index (χ0) is 18.8. The number of hydrogen-bond donors (Lipinski definition) is 2. The van der Waals surface area contributed by atoms with Gasteiger partial charge in [-0.1, -0.05) is 20.8 Å². The summed E-state index contributed by atoms with van der Waals surface area (Å²) in [6, 6.07) is 3.28. The SMILES string of the molecule is CCOc1cc(/C=N\n2c(=S)[nH]nc(C(C)(C)C)c2=O)cc(Br)c1O. The van der Waals surface area contributed by atoms with Gasteiger partial charge in [-0.25, -0.2) is 0 Å². The molecule has 0 aliphatic carbocycles. The summed E-state index contributed by atoms with van der Waals surface area (Å²) in [7, 11) is 0. The zero-order valence-electron chi connectivity index (χ0n) is 14.3. The molecule has 2 aromatic rings. The van der Waals surface area contributed by atoms with Crippen LogP contribution in [-0.2, 0) is 5.41 Å². The molecule has 1 aromatic heterocycles. The highest BCUT2D eigenvalue weighted by Crippen LogP contribution is 2.35. The standard InChI is InChI=1S/C16H19BrN4O3S/c1-5-24-11-7-9(6-10(17)12(11)22)8-18-21-14(23)13(16(2,3)4)19-20-15(21)25/h6-8,22H,5H2,1-4H3,(H,20,25)/b18-8-. The van der Waals surface area contributed by atoms with E-state index in [9.17, 15) is 9.90 Å². The minimum Gasteiger partial charge on any atom is -0.503 e. The number of H-pyrrole nitrogens is 1. The Labute approximate surface area is 158 Å². The minimum atomic E-state index is -0.447. The van der Waals surface area contributed by atoms with E-state index >= 15 is 0 Å². The van der Waals surface area contributed by atoms with Crippen molar-refractivity contribution in [2.24, 2.45) is 5.10 Å². The van der Waals surface area contributed by atoms with Crippen LogP contribution in [0.1, 0.15) is 39.0 Å². The summed E-state index contributed by atoms with van der Waals surface area (Å²) < 4.78 is 7.02. The van der Waals surface area contributed by atoms with Crippen molar-refractivity contribution in [1.82, 2.24) is 14.9 Å². The number of aromatic hydroxyl groups is 1. The molecule has 25 heavy (non-hydrogen) atoms. The number of nitrogens with one attached hydrogen (secondary N) is 1. The lowest BCUT2D eigenvalue weighted by Gasteiger charge is -2.16. The molecule has 0 saturated carbocycles. The summed E-state index contributed by atoms with van der Waals surface area (Å²) in [6.07, 6.45) is 1.46. The number of aromatic amines is 1. The van der Waals surface area contributed by atoms with Gasteiger partial charge in [0.05, 0.1) is 17.3 Å². The molecule has 0 aliphatic heterocycles. The smallest absolute Gasteiger partial charge is 0.297 e. The number of phenolic OH excluding ortho intramolecular Hbond substituents is 1. The quantitative estimate of drug-likeness (QED) is 0.577. The van der Waals surface area contributed by atoms with E-state index in [1.54, 1.807) is 12.1 Å². The molecule has 0 unspecified atom stereocenters. The lowest BCUT2D eigenvalue weighted by atomic mass is 9.93. The fraction of sp³-hybridized carbons (Fsp3) is 0.375. The summed E-state index contributed by atoms with van der Waals surface area (Å²) in [5.41, 5.74) is 0.136. The molecule has 2 N–H and O–H groups in total. The van der Waals surface area contributed by atoms with E-state index < -0.39 is 5.41 Å². The Balaban J connectivity index is 2.51. The molecule has 1 heterocycles. The van der Waals surface area contributed by atoms with Gasteiger partial charge in [-0.3, -0.25) is 9.89 Å². The van der Waals surface area contributed by atoms with Crippen LogP contribution in [0.15, 0.2) is 26.5 Å². The maximum atomic E-state index is 12.6. The first-order valence-electron chi connectivity index (χ1n) is 7.57. The Morgan fingerprint density at radius 3 is 2.76 bits per heavy atom. The fourth-order valence-corrected chi connectivity index (χ4v) is 2.68. The van der Waals surface area contributed by atoms with Crippen molar-refractivity contribution in [3.63, 3.8) is 0 Å². The minimum absolute atomic E-state index is 0.00684. The highest BCUT2D eigenvalue weighted by atomic mass is 79.9. The largest absolute Gasteiger partial charge is 0.503 e. The van der Waals surface area contributed by atoms with Gasteiger partial charge < -0.3 is 9.84 Å². The Morgan fingerprint density at radius 1 is 1.48 bits per heavy atom. The highest BCUT2D eigenvalue weighted by molar-refractivity contribution is 9.10. The molecule has 2 rings (SSSR count). The van der Waals surface area contributed by atoms with E-state index in [2.05, 4.69) is 31.2 Å². The molecule has 0 atom stereocenters. The third-order valence-electron chi connectivity index (χ3n) is 3.23. The summed E-state index contributed by atoms with van der Waals surface area (Å²) in [4.78, 5) is 12.6. The lowest BCUT2D eigenvalue weighted by Crippen LogP contribution is -2.32. The second-order valence-electron chi connectivity index (χ2n) is 6.27. The van der Waals surface area contributed by atoms with Gasteiger partial charge in [-0.15, -0.1) is 0 Å². The molecular weight excluding hydrogens is 408 g/mol. The molecule has 0 saturated heterocycles. The van der Waals surface area contributed by atoms with Crippen LogP contribution < -0.4 is 10.3 Å². The average molecular weight is 427 g/mol. The molecule has 0 spiro atoms. The van der Waals surface area contributed by atoms with Crippen LogP contribution in [0.5, 0.6) is 11.5 Å². The van der Waals surface area contributed by atoms with Crippen LogP contribution in [-0.4, -0.2) is 32.8 Å². The van der Waals surface area contributed by atoms with E-state index in [-0.39, 0.29) is 16.1 Å². The predicted octanol–water partition coefficient (Wildman–Crippen LogP) is 3.35. The molecule has 0 aliphatic rings. The van der Waals surface area contributed by atoms with Crippen LogP contribution in [0.25, 0.3) is 0 Å². The Kier molecular flexibility index (Phi) is 5.79. The topological polar surface area (TPSA) is 92.5 Å². The predicted molar refractivity (Wildman–Crippen MR) is 102 cm³/mol. The van der Waals surface area contributed by atoms with Gasteiger partial charge in [0.15, 0.2) is 11.5 Å². The van der Waals surface area contributed by atoms with Gasteiger partial charge in [-0.2, -0.15) is 14.9 Å².